The van der Waals surface area contributed by atoms with Crippen LogP contribution in [0.25, 0.3) is 0 Å². The Bertz CT molecular complexity index is 745. The normalized spacial score (nSPS) is 23.2. The van der Waals surface area contributed by atoms with E-state index < -0.39 is 9.84 Å². The van der Waals surface area contributed by atoms with Gasteiger partial charge in [-0.1, -0.05) is 6.92 Å². The SMILES string of the molecule is CCN1CCN(C(=O)c2cc(N(CC)C3CCS(=O)(=O)C3)ccn2)CC1. The predicted octanol–water partition coefficient (Wildman–Crippen LogP) is 0.873. The molecule has 1 aromatic rings. The third-order valence-corrected chi connectivity index (χ3v) is 7.14. The number of likely N-dealkylation sites (N-methyl/N-ethyl adjacent to an activating group) is 1. The Balaban J connectivity index is 1.74. The van der Waals surface area contributed by atoms with Crippen molar-refractivity contribution in [1.29, 1.82) is 0 Å². The van der Waals surface area contributed by atoms with Crippen LogP contribution in [0.5, 0.6) is 0 Å². The van der Waals surface area contributed by atoms with Crippen LogP contribution in [0.2, 0.25) is 0 Å². The lowest BCUT2D eigenvalue weighted by atomic mass is 10.1. The van der Waals surface area contributed by atoms with E-state index in [2.05, 4.69) is 21.7 Å². The van der Waals surface area contributed by atoms with E-state index >= 15 is 0 Å². The van der Waals surface area contributed by atoms with E-state index in [9.17, 15) is 13.2 Å². The van der Waals surface area contributed by atoms with Gasteiger partial charge in [0.15, 0.2) is 9.84 Å². The molecule has 1 unspecified atom stereocenters. The zero-order valence-corrected chi connectivity index (χ0v) is 16.4. The largest absolute Gasteiger partial charge is 0.368 e. The molecule has 2 fully saturated rings. The van der Waals surface area contributed by atoms with Crippen LogP contribution in [0.4, 0.5) is 5.69 Å². The van der Waals surface area contributed by atoms with Crippen molar-refractivity contribution < 1.29 is 13.2 Å². The minimum atomic E-state index is -2.95. The first-order valence-corrected chi connectivity index (χ1v) is 11.2. The van der Waals surface area contributed by atoms with E-state index in [0.29, 0.717) is 18.7 Å². The number of anilines is 1. The van der Waals surface area contributed by atoms with Crippen molar-refractivity contribution in [3.05, 3.63) is 24.0 Å². The molecular formula is C18H28N4O3S. The van der Waals surface area contributed by atoms with Crippen molar-refractivity contribution in [2.45, 2.75) is 26.3 Å². The summed E-state index contributed by atoms with van der Waals surface area (Å²) in [7, 11) is -2.95. The maximum Gasteiger partial charge on any atom is 0.272 e. The highest BCUT2D eigenvalue weighted by molar-refractivity contribution is 7.91. The van der Waals surface area contributed by atoms with Gasteiger partial charge in [-0.25, -0.2) is 8.42 Å². The summed E-state index contributed by atoms with van der Waals surface area (Å²) in [6.07, 6.45) is 2.29. The van der Waals surface area contributed by atoms with Gasteiger partial charge in [-0.3, -0.25) is 9.78 Å². The van der Waals surface area contributed by atoms with Crippen LogP contribution in [-0.4, -0.2) is 85.9 Å². The molecule has 0 bridgehead atoms. The van der Waals surface area contributed by atoms with Gasteiger partial charge in [0, 0.05) is 50.6 Å². The average molecular weight is 381 g/mol. The molecule has 0 saturated carbocycles. The van der Waals surface area contributed by atoms with Crippen LogP contribution >= 0.6 is 0 Å². The van der Waals surface area contributed by atoms with Gasteiger partial charge in [-0.15, -0.1) is 0 Å². The molecule has 1 amide bonds. The van der Waals surface area contributed by atoms with Gasteiger partial charge >= 0.3 is 0 Å². The number of piperazine rings is 1. The fourth-order valence-electron chi connectivity index (χ4n) is 3.82. The Morgan fingerprint density at radius 2 is 2.00 bits per heavy atom. The van der Waals surface area contributed by atoms with Crippen molar-refractivity contribution >= 4 is 21.4 Å². The van der Waals surface area contributed by atoms with Gasteiger partial charge in [0.05, 0.1) is 11.5 Å². The maximum absolute atomic E-state index is 12.8. The number of sulfone groups is 1. The minimum absolute atomic E-state index is 0.0246. The summed E-state index contributed by atoms with van der Waals surface area (Å²) in [5, 5.41) is 0. The topological polar surface area (TPSA) is 73.8 Å². The van der Waals surface area contributed by atoms with Gasteiger partial charge in [0.1, 0.15) is 5.69 Å². The lowest BCUT2D eigenvalue weighted by molar-refractivity contribution is 0.0637. The zero-order valence-electron chi connectivity index (χ0n) is 15.6. The Kier molecular flexibility index (Phi) is 5.82. The summed E-state index contributed by atoms with van der Waals surface area (Å²) in [4.78, 5) is 23.4. The second-order valence-corrected chi connectivity index (χ2v) is 9.20. The summed E-state index contributed by atoms with van der Waals surface area (Å²) in [5.74, 6) is 0.385. The van der Waals surface area contributed by atoms with E-state index in [1.165, 1.54) is 0 Å². The van der Waals surface area contributed by atoms with Gasteiger partial charge in [-0.2, -0.15) is 0 Å². The molecule has 144 valence electrons. The number of carbonyl (C=O) groups is 1. The number of rotatable bonds is 5. The highest BCUT2D eigenvalue weighted by Gasteiger charge is 2.32. The van der Waals surface area contributed by atoms with Crippen LogP contribution in [0.15, 0.2) is 18.3 Å². The molecule has 2 aliphatic rings. The summed E-state index contributed by atoms with van der Waals surface area (Å²) >= 11 is 0. The van der Waals surface area contributed by atoms with E-state index in [1.807, 2.05) is 24.0 Å². The van der Waals surface area contributed by atoms with Crippen molar-refractivity contribution in [2.75, 3.05) is 55.7 Å². The molecule has 3 heterocycles. The molecule has 0 aliphatic carbocycles. The minimum Gasteiger partial charge on any atom is -0.368 e. The Labute approximate surface area is 155 Å². The van der Waals surface area contributed by atoms with Crippen molar-refractivity contribution in [3.63, 3.8) is 0 Å². The number of hydrogen-bond donors (Lipinski definition) is 0. The highest BCUT2D eigenvalue weighted by atomic mass is 32.2. The number of aromatic nitrogens is 1. The monoisotopic (exact) mass is 380 g/mol. The van der Waals surface area contributed by atoms with E-state index in [1.54, 1.807) is 6.20 Å². The Hall–Kier alpha value is -1.67. The van der Waals surface area contributed by atoms with Crippen molar-refractivity contribution in [1.82, 2.24) is 14.8 Å². The molecule has 2 saturated heterocycles. The third-order valence-electron chi connectivity index (χ3n) is 5.39. The molecular weight excluding hydrogens is 352 g/mol. The average Bonchev–Trinajstić information content (AvgIpc) is 3.01. The molecule has 0 aromatic carbocycles. The quantitative estimate of drug-likeness (QED) is 0.755. The first kappa shape index (κ1) is 19.1. The zero-order chi connectivity index (χ0) is 18.7. The lowest BCUT2D eigenvalue weighted by Crippen LogP contribution is -2.48. The van der Waals surface area contributed by atoms with Crippen LogP contribution in [0.1, 0.15) is 30.8 Å². The first-order chi connectivity index (χ1) is 12.4. The Morgan fingerprint density at radius 3 is 2.58 bits per heavy atom. The van der Waals surface area contributed by atoms with Gasteiger partial charge in [0.2, 0.25) is 0 Å². The molecule has 26 heavy (non-hydrogen) atoms. The molecule has 7 nitrogen and oxygen atoms in total. The van der Waals surface area contributed by atoms with Crippen molar-refractivity contribution in [2.24, 2.45) is 0 Å². The molecule has 0 N–H and O–H groups in total. The summed E-state index contributed by atoms with van der Waals surface area (Å²) in [5.41, 5.74) is 1.31. The number of hydrogen-bond acceptors (Lipinski definition) is 6. The summed E-state index contributed by atoms with van der Waals surface area (Å²) in [6.45, 7) is 9.07. The number of nitrogens with zero attached hydrogens (tertiary/aromatic N) is 4. The van der Waals surface area contributed by atoms with Crippen molar-refractivity contribution in [3.8, 4) is 0 Å². The van der Waals surface area contributed by atoms with Crippen LogP contribution in [0.3, 0.4) is 0 Å². The summed E-state index contributed by atoms with van der Waals surface area (Å²) < 4.78 is 23.6. The second kappa shape index (κ2) is 7.92. The standard InChI is InChI=1S/C18H28N4O3S/c1-3-20-8-10-21(11-9-20)18(23)17-13-15(5-7-19-17)22(4-2)16-6-12-26(24,25)14-16/h5,7,13,16H,3-4,6,8-12,14H2,1-2H3. The molecule has 8 heteroatoms. The highest BCUT2D eigenvalue weighted by Crippen LogP contribution is 2.25. The maximum atomic E-state index is 12.8. The second-order valence-electron chi connectivity index (χ2n) is 6.97. The lowest BCUT2D eigenvalue weighted by Gasteiger charge is -2.34. The number of amides is 1. The Morgan fingerprint density at radius 1 is 1.27 bits per heavy atom. The van der Waals surface area contributed by atoms with Gasteiger partial charge in [0.25, 0.3) is 5.91 Å². The molecule has 1 aromatic heterocycles. The number of carbonyl (C=O) groups excluding carboxylic acids is 1. The molecule has 1 atom stereocenters. The van der Waals surface area contributed by atoms with E-state index in [0.717, 1.165) is 38.4 Å². The molecule has 3 rings (SSSR count). The first-order valence-electron chi connectivity index (χ1n) is 9.38. The molecule has 0 radical (unpaired) electrons. The fourth-order valence-corrected chi connectivity index (χ4v) is 5.55. The predicted molar refractivity (Wildman–Crippen MR) is 102 cm³/mol. The summed E-state index contributed by atoms with van der Waals surface area (Å²) in [6, 6.07) is 3.65. The number of pyridine rings is 1. The molecule has 0 spiro atoms. The van der Waals surface area contributed by atoms with Gasteiger partial charge < -0.3 is 14.7 Å². The van der Waals surface area contributed by atoms with Crippen LogP contribution in [0, 0.1) is 0 Å². The van der Waals surface area contributed by atoms with Crippen LogP contribution in [-0.2, 0) is 9.84 Å². The third kappa shape index (κ3) is 4.17. The van der Waals surface area contributed by atoms with E-state index in [4.69, 9.17) is 0 Å². The smallest absolute Gasteiger partial charge is 0.272 e. The van der Waals surface area contributed by atoms with Crippen LogP contribution < -0.4 is 4.90 Å². The van der Waals surface area contributed by atoms with Gasteiger partial charge in [-0.05, 0) is 32.0 Å². The fraction of sp³-hybridized carbons (Fsp3) is 0.667. The molecule has 2 aliphatic heterocycles. The van der Waals surface area contributed by atoms with E-state index in [-0.39, 0.29) is 23.5 Å².